The Bertz CT molecular complexity index is 450. The summed E-state index contributed by atoms with van der Waals surface area (Å²) in [6.45, 7) is 0.994. The molecule has 5 heteroatoms. The van der Waals surface area contributed by atoms with E-state index in [-0.39, 0.29) is 5.75 Å². The van der Waals surface area contributed by atoms with Crippen molar-refractivity contribution in [3.8, 4) is 5.75 Å². The number of benzene rings is 1. The second kappa shape index (κ2) is 5.35. The molecule has 1 unspecified atom stereocenters. The lowest BCUT2D eigenvalue weighted by Gasteiger charge is -2.21. The van der Waals surface area contributed by atoms with E-state index in [1.807, 2.05) is 0 Å². The van der Waals surface area contributed by atoms with Gasteiger partial charge in [0.05, 0.1) is 7.11 Å². The third-order valence-corrected chi connectivity index (χ3v) is 3.29. The zero-order valence-electron chi connectivity index (χ0n) is 10.2. The molecular weight excluding hydrogens is 237 g/mol. The van der Waals surface area contributed by atoms with Gasteiger partial charge in [-0.3, -0.25) is 9.69 Å². The number of carbonyl (C=O) groups is 1. The van der Waals surface area contributed by atoms with E-state index in [2.05, 4.69) is 0 Å². The fourth-order valence-electron chi connectivity index (χ4n) is 2.35. The summed E-state index contributed by atoms with van der Waals surface area (Å²) < 4.78 is 18.9. The van der Waals surface area contributed by atoms with Crippen molar-refractivity contribution < 1.29 is 19.0 Å². The maximum Gasteiger partial charge on any atom is 0.320 e. The largest absolute Gasteiger partial charge is 0.494 e. The third kappa shape index (κ3) is 2.46. The molecule has 0 amide bonds. The smallest absolute Gasteiger partial charge is 0.320 e. The monoisotopic (exact) mass is 253 g/mol. The van der Waals surface area contributed by atoms with Gasteiger partial charge in [-0.05, 0) is 25.5 Å². The zero-order chi connectivity index (χ0) is 13.1. The van der Waals surface area contributed by atoms with Crippen molar-refractivity contribution in [2.24, 2.45) is 0 Å². The highest BCUT2D eigenvalue weighted by molar-refractivity contribution is 5.73. The van der Waals surface area contributed by atoms with Crippen LogP contribution in [0.15, 0.2) is 18.2 Å². The first-order chi connectivity index (χ1) is 8.63. The molecular formula is C13H16FNO3. The lowest BCUT2D eigenvalue weighted by atomic mass is 10.1. The first-order valence-electron chi connectivity index (χ1n) is 5.91. The van der Waals surface area contributed by atoms with E-state index in [9.17, 15) is 9.18 Å². The zero-order valence-corrected chi connectivity index (χ0v) is 10.2. The van der Waals surface area contributed by atoms with Crippen LogP contribution in [0.3, 0.4) is 0 Å². The van der Waals surface area contributed by atoms with Crippen molar-refractivity contribution in [2.45, 2.75) is 25.4 Å². The van der Waals surface area contributed by atoms with Crippen LogP contribution in [0.25, 0.3) is 0 Å². The second-order valence-electron chi connectivity index (χ2n) is 4.40. The highest BCUT2D eigenvalue weighted by atomic mass is 19.1. The minimum absolute atomic E-state index is 0.193. The van der Waals surface area contributed by atoms with Crippen LogP contribution in [0.4, 0.5) is 4.39 Å². The van der Waals surface area contributed by atoms with Crippen LogP contribution in [0.2, 0.25) is 0 Å². The number of methoxy groups -OCH3 is 1. The highest BCUT2D eigenvalue weighted by Gasteiger charge is 2.30. The summed E-state index contributed by atoms with van der Waals surface area (Å²) >= 11 is 0. The Labute approximate surface area is 105 Å². The van der Waals surface area contributed by atoms with Gasteiger partial charge < -0.3 is 9.84 Å². The van der Waals surface area contributed by atoms with Crippen LogP contribution in [-0.2, 0) is 11.3 Å². The molecule has 0 saturated carbocycles. The van der Waals surface area contributed by atoms with Crippen molar-refractivity contribution in [3.63, 3.8) is 0 Å². The molecule has 0 spiro atoms. The molecule has 18 heavy (non-hydrogen) atoms. The number of carboxylic acids is 1. The molecule has 0 bridgehead atoms. The van der Waals surface area contributed by atoms with E-state index in [0.29, 0.717) is 25.1 Å². The Kier molecular flexibility index (Phi) is 3.81. The predicted octanol–water partition coefficient (Wildman–Crippen LogP) is 1.88. The van der Waals surface area contributed by atoms with Gasteiger partial charge in [0.2, 0.25) is 0 Å². The lowest BCUT2D eigenvalue weighted by molar-refractivity contribution is -0.142. The number of ether oxygens (including phenoxy) is 1. The number of aliphatic carboxylic acids is 1. The molecule has 1 atom stereocenters. The summed E-state index contributed by atoms with van der Waals surface area (Å²) in [5.74, 6) is -1.05. The summed E-state index contributed by atoms with van der Waals surface area (Å²) in [6.07, 6.45) is 1.46. The van der Waals surface area contributed by atoms with Gasteiger partial charge >= 0.3 is 5.97 Å². The van der Waals surface area contributed by atoms with E-state index in [1.54, 1.807) is 23.1 Å². The molecule has 1 aliphatic rings. The molecule has 1 saturated heterocycles. The van der Waals surface area contributed by atoms with Gasteiger partial charge in [-0.25, -0.2) is 4.39 Å². The molecule has 0 aliphatic carbocycles. The van der Waals surface area contributed by atoms with Gasteiger partial charge in [0, 0.05) is 12.1 Å². The van der Waals surface area contributed by atoms with E-state index in [1.165, 1.54) is 7.11 Å². The standard InChI is InChI=1S/C13H16FNO3/c1-18-11-6-2-4-9(12(11)14)8-15-7-3-5-10(15)13(16)17/h2,4,6,10H,3,5,7-8H2,1H3,(H,16,17). The summed E-state index contributed by atoms with van der Waals surface area (Å²) in [4.78, 5) is 12.8. The molecule has 98 valence electrons. The average Bonchev–Trinajstić information content (AvgIpc) is 2.80. The van der Waals surface area contributed by atoms with Crippen LogP contribution >= 0.6 is 0 Å². The van der Waals surface area contributed by atoms with Crippen LogP contribution in [-0.4, -0.2) is 35.7 Å². The minimum Gasteiger partial charge on any atom is -0.494 e. The molecule has 1 heterocycles. The number of carboxylic acid groups (broad SMARTS) is 1. The topological polar surface area (TPSA) is 49.8 Å². The van der Waals surface area contributed by atoms with Crippen molar-refractivity contribution in [2.75, 3.05) is 13.7 Å². The third-order valence-electron chi connectivity index (χ3n) is 3.29. The number of hydrogen-bond acceptors (Lipinski definition) is 3. The van der Waals surface area contributed by atoms with Gasteiger partial charge in [-0.2, -0.15) is 0 Å². The molecule has 1 N–H and O–H groups in total. The van der Waals surface area contributed by atoms with E-state index < -0.39 is 17.8 Å². The van der Waals surface area contributed by atoms with E-state index >= 15 is 0 Å². The average molecular weight is 253 g/mol. The maximum absolute atomic E-state index is 14.0. The Hall–Kier alpha value is -1.62. The summed E-state index contributed by atoms with van der Waals surface area (Å²) in [5, 5.41) is 9.07. The summed E-state index contributed by atoms with van der Waals surface area (Å²) in [5.41, 5.74) is 0.475. The van der Waals surface area contributed by atoms with Crippen molar-refractivity contribution in [3.05, 3.63) is 29.6 Å². The van der Waals surface area contributed by atoms with E-state index in [4.69, 9.17) is 9.84 Å². The SMILES string of the molecule is COc1cccc(CN2CCCC2C(=O)O)c1F. The summed E-state index contributed by atoms with van der Waals surface area (Å²) in [6, 6.07) is 4.42. The van der Waals surface area contributed by atoms with Crippen LogP contribution in [0.1, 0.15) is 18.4 Å². The number of rotatable bonds is 4. The van der Waals surface area contributed by atoms with Crippen molar-refractivity contribution in [1.82, 2.24) is 4.90 Å². The molecule has 0 radical (unpaired) electrons. The number of halogens is 1. The van der Waals surface area contributed by atoms with Gasteiger partial charge in [-0.15, -0.1) is 0 Å². The number of hydrogen-bond donors (Lipinski definition) is 1. The molecule has 4 nitrogen and oxygen atoms in total. The molecule has 1 aromatic rings. The maximum atomic E-state index is 14.0. The molecule has 1 fully saturated rings. The lowest BCUT2D eigenvalue weighted by Crippen LogP contribution is -2.35. The van der Waals surface area contributed by atoms with E-state index in [0.717, 1.165) is 6.42 Å². The normalized spacial score (nSPS) is 20.0. The van der Waals surface area contributed by atoms with Crippen molar-refractivity contribution in [1.29, 1.82) is 0 Å². The first kappa shape index (κ1) is 12.8. The summed E-state index contributed by atoms with van der Waals surface area (Å²) in [7, 11) is 1.41. The van der Waals surface area contributed by atoms with Gasteiger partial charge in [0.15, 0.2) is 11.6 Å². The fourth-order valence-corrected chi connectivity index (χ4v) is 2.35. The van der Waals surface area contributed by atoms with Gasteiger partial charge in [0.1, 0.15) is 6.04 Å². The predicted molar refractivity (Wildman–Crippen MR) is 64.0 cm³/mol. The fraction of sp³-hybridized carbons (Fsp3) is 0.462. The molecule has 1 aliphatic heterocycles. The first-order valence-corrected chi connectivity index (χ1v) is 5.91. The Balaban J connectivity index is 2.16. The quantitative estimate of drug-likeness (QED) is 0.890. The number of likely N-dealkylation sites (tertiary alicyclic amines) is 1. The molecule has 1 aromatic carbocycles. The molecule has 0 aromatic heterocycles. The second-order valence-corrected chi connectivity index (χ2v) is 4.40. The van der Waals surface area contributed by atoms with Crippen molar-refractivity contribution >= 4 is 5.97 Å². The van der Waals surface area contributed by atoms with Crippen LogP contribution < -0.4 is 4.74 Å². The van der Waals surface area contributed by atoms with Crippen LogP contribution in [0.5, 0.6) is 5.75 Å². The van der Waals surface area contributed by atoms with Crippen LogP contribution in [0, 0.1) is 5.82 Å². The number of nitrogens with zero attached hydrogens (tertiary/aromatic N) is 1. The molecule has 2 rings (SSSR count). The minimum atomic E-state index is -0.837. The van der Waals surface area contributed by atoms with Gasteiger partial charge in [0.25, 0.3) is 0 Å². The Morgan fingerprint density at radius 3 is 3.06 bits per heavy atom. The Morgan fingerprint density at radius 2 is 2.39 bits per heavy atom. The highest BCUT2D eigenvalue weighted by Crippen LogP contribution is 2.25. The van der Waals surface area contributed by atoms with Gasteiger partial charge in [-0.1, -0.05) is 12.1 Å². The Morgan fingerprint density at radius 1 is 1.61 bits per heavy atom.